The average molecular weight is 398 g/mol. The number of nitrogens with zero attached hydrogens (tertiary/aromatic N) is 2. The van der Waals surface area contributed by atoms with E-state index in [4.69, 9.17) is 4.74 Å². The predicted molar refractivity (Wildman–Crippen MR) is 101 cm³/mol. The standard InChI is InChI=1S/C19H18N4O6/c1-11-9-12(7-8-15(11)23(27)28)16(24)21-22-17(25)19(2,20-18(22)26)13-5-4-6-14(10-13)29-3/h4-10H,1-3H3,(H,20,26)(H,21,24)/t19-/m1/s1. The predicted octanol–water partition coefficient (Wildman–Crippen LogP) is 2.02. The Morgan fingerprint density at radius 3 is 2.59 bits per heavy atom. The number of carbonyl (C=O) groups is 3. The lowest BCUT2D eigenvalue weighted by Crippen LogP contribution is -2.47. The minimum absolute atomic E-state index is 0.0729. The zero-order valence-electron chi connectivity index (χ0n) is 15.9. The first-order valence-electron chi connectivity index (χ1n) is 8.54. The molecule has 1 heterocycles. The van der Waals surface area contributed by atoms with Crippen molar-refractivity contribution < 1.29 is 24.0 Å². The zero-order chi connectivity index (χ0) is 21.3. The van der Waals surface area contributed by atoms with E-state index in [2.05, 4.69) is 10.7 Å². The Kier molecular flexibility index (Phi) is 4.93. The molecule has 1 atom stereocenters. The molecule has 4 amide bonds. The number of amides is 4. The van der Waals surface area contributed by atoms with E-state index >= 15 is 0 Å². The van der Waals surface area contributed by atoms with Gasteiger partial charge in [0.1, 0.15) is 11.3 Å². The van der Waals surface area contributed by atoms with Gasteiger partial charge in [-0.25, -0.2) is 4.79 Å². The summed E-state index contributed by atoms with van der Waals surface area (Å²) in [6.07, 6.45) is 0. The number of carbonyl (C=O) groups excluding carboxylic acids is 3. The van der Waals surface area contributed by atoms with Crippen molar-refractivity contribution in [3.05, 3.63) is 69.3 Å². The Labute approximate surface area is 165 Å². The molecule has 1 aliphatic rings. The van der Waals surface area contributed by atoms with Crippen LogP contribution in [-0.4, -0.2) is 34.9 Å². The fourth-order valence-corrected chi connectivity index (χ4v) is 3.04. The summed E-state index contributed by atoms with van der Waals surface area (Å²) in [7, 11) is 1.48. The maximum atomic E-state index is 12.9. The van der Waals surface area contributed by atoms with Crippen LogP contribution in [0.5, 0.6) is 5.75 Å². The Bertz CT molecular complexity index is 1040. The van der Waals surface area contributed by atoms with Gasteiger partial charge in [0.25, 0.3) is 17.5 Å². The van der Waals surface area contributed by atoms with Crippen molar-refractivity contribution in [3.8, 4) is 5.75 Å². The molecule has 2 N–H and O–H groups in total. The number of rotatable bonds is 5. The number of nitro benzene ring substituents is 1. The average Bonchev–Trinajstić information content (AvgIpc) is 2.91. The van der Waals surface area contributed by atoms with Crippen LogP contribution < -0.4 is 15.5 Å². The van der Waals surface area contributed by atoms with E-state index in [1.807, 2.05) is 0 Å². The molecule has 29 heavy (non-hydrogen) atoms. The first kappa shape index (κ1) is 19.8. The highest BCUT2D eigenvalue weighted by Gasteiger charge is 2.50. The van der Waals surface area contributed by atoms with Crippen LogP contribution in [-0.2, 0) is 10.3 Å². The summed E-state index contributed by atoms with van der Waals surface area (Å²) in [5.74, 6) is -0.918. The van der Waals surface area contributed by atoms with Gasteiger partial charge in [-0.15, -0.1) is 0 Å². The summed E-state index contributed by atoms with van der Waals surface area (Å²) in [5, 5.41) is 14.1. The lowest BCUT2D eigenvalue weighted by Gasteiger charge is -2.22. The van der Waals surface area contributed by atoms with E-state index in [1.165, 1.54) is 39.2 Å². The van der Waals surface area contributed by atoms with Crippen LogP contribution in [0.25, 0.3) is 0 Å². The van der Waals surface area contributed by atoms with Crippen molar-refractivity contribution >= 4 is 23.5 Å². The van der Waals surface area contributed by atoms with Crippen molar-refractivity contribution in [1.29, 1.82) is 0 Å². The SMILES string of the molecule is COc1cccc([C@@]2(C)NC(=O)N(NC(=O)c3ccc([N+](=O)[O-])c(C)c3)C2=O)c1. The number of methoxy groups -OCH3 is 1. The van der Waals surface area contributed by atoms with Crippen molar-refractivity contribution in [3.63, 3.8) is 0 Å². The molecule has 3 rings (SSSR count). The molecular weight excluding hydrogens is 380 g/mol. The van der Waals surface area contributed by atoms with E-state index in [9.17, 15) is 24.5 Å². The maximum Gasteiger partial charge on any atom is 0.344 e. The Morgan fingerprint density at radius 1 is 1.24 bits per heavy atom. The van der Waals surface area contributed by atoms with Gasteiger partial charge in [-0.2, -0.15) is 5.01 Å². The third-order valence-electron chi connectivity index (χ3n) is 4.71. The van der Waals surface area contributed by atoms with Crippen LogP contribution in [0, 0.1) is 17.0 Å². The molecule has 1 aliphatic heterocycles. The Morgan fingerprint density at radius 2 is 1.97 bits per heavy atom. The minimum atomic E-state index is -1.40. The van der Waals surface area contributed by atoms with Crippen LogP contribution >= 0.6 is 0 Å². The van der Waals surface area contributed by atoms with Crippen LogP contribution in [0.1, 0.15) is 28.4 Å². The molecule has 0 saturated carbocycles. The fourth-order valence-electron chi connectivity index (χ4n) is 3.04. The summed E-state index contributed by atoms with van der Waals surface area (Å²) in [6, 6.07) is 9.61. The van der Waals surface area contributed by atoms with E-state index in [1.54, 1.807) is 24.3 Å². The number of aryl methyl sites for hydroxylation is 1. The van der Waals surface area contributed by atoms with Crippen molar-refractivity contribution in [2.45, 2.75) is 19.4 Å². The normalized spacial score (nSPS) is 18.4. The molecule has 0 aliphatic carbocycles. The molecule has 0 bridgehead atoms. The van der Waals surface area contributed by atoms with Crippen molar-refractivity contribution in [1.82, 2.24) is 15.8 Å². The molecule has 1 saturated heterocycles. The van der Waals surface area contributed by atoms with E-state index < -0.39 is 28.3 Å². The molecule has 0 radical (unpaired) electrons. The molecule has 0 spiro atoms. The maximum absolute atomic E-state index is 12.9. The fraction of sp³-hybridized carbons (Fsp3) is 0.211. The number of imide groups is 1. The zero-order valence-corrected chi connectivity index (χ0v) is 15.9. The largest absolute Gasteiger partial charge is 0.497 e. The van der Waals surface area contributed by atoms with Gasteiger partial charge in [-0.3, -0.25) is 25.1 Å². The van der Waals surface area contributed by atoms with Gasteiger partial charge >= 0.3 is 6.03 Å². The summed E-state index contributed by atoms with van der Waals surface area (Å²) >= 11 is 0. The number of hydrogen-bond donors (Lipinski definition) is 2. The number of hydrogen-bond acceptors (Lipinski definition) is 6. The third kappa shape index (κ3) is 3.47. The van der Waals surface area contributed by atoms with E-state index in [0.717, 1.165) is 0 Å². The van der Waals surface area contributed by atoms with Crippen molar-refractivity contribution in [2.24, 2.45) is 0 Å². The van der Waals surface area contributed by atoms with Gasteiger partial charge in [0.15, 0.2) is 0 Å². The molecule has 10 heteroatoms. The van der Waals surface area contributed by atoms with Gasteiger partial charge in [-0.05, 0) is 43.7 Å². The monoisotopic (exact) mass is 398 g/mol. The number of hydrazine groups is 1. The first-order valence-corrected chi connectivity index (χ1v) is 8.54. The van der Waals surface area contributed by atoms with Gasteiger partial charge in [0.2, 0.25) is 0 Å². The quantitative estimate of drug-likeness (QED) is 0.450. The molecule has 150 valence electrons. The van der Waals surface area contributed by atoms with Gasteiger partial charge in [0, 0.05) is 17.2 Å². The minimum Gasteiger partial charge on any atom is -0.497 e. The molecule has 2 aromatic carbocycles. The molecule has 2 aromatic rings. The number of benzene rings is 2. The van der Waals surface area contributed by atoms with Crippen LogP contribution in [0.4, 0.5) is 10.5 Å². The van der Waals surface area contributed by atoms with Gasteiger partial charge in [0.05, 0.1) is 12.0 Å². The van der Waals surface area contributed by atoms with Crippen LogP contribution in [0.3, 0.4) is 0 Å². The highest BCUT2D eigenvalue weighted by Crippen LogP contribution is 2.30. The smallest absolute Gasteiger partial charge is 0.344 e. The second-order valence-corrected chi connectivity index (χ2v) is 6.63. The summed E-state index contributed by atoms with van der Waals surface area (Å²) in [5.41, 5.74) is 1.56. The summed E-state index contributed by atoms with van der Waals surface area (Å²) in [6.45, 7) is 3.01. The first-order chi connectivity index (χ1) is 13.7. The number of urea groups is 1. The Hall–Kier alpha value is -3.95. The van der Waals surface area contributed by atoms with Gasteiger partial charge < -0.3 is 10.1 Å². The summed E-state index contributed by atoms with van der Waals surface area (Å²) in [4.78, 5) is 48.1. The highest BCUT2D eigenvalue weighted by atomic mass is 16.6. The highest BCUT2D eigenvalue weighted by molar-refractivity contribution is 6.09. The Balaban J connectivity index is 1.84. The van der Waals surface area contributed by atoms with Gasteiger partial charge in [-0.1, -0.05) is 12.1 Å². The second kappa shape index (κ2) is 7.23. The molecular formula is C19H18N4O6. The van der Waals surface area contributed by atoms with Crippen LogP contribution in [0.15, 0.2) is 42.5 Å². The lowest BCUT2D eigenvalue weighted by atomic mass is 9.92. The topological polar surface area (TPSA) is 131 Å². The molecule has 0 unspecified atom stereocenters. The number of nitrogens with one attached hydrogen (secondary N) is 2. The summed E-state index contributed by atoms with van der Waals surface area (Å²) < 4.78 is 5.15. The third-order valence-corrected chi connectivity index (χ3v) is 4.71. The number of ether oxygens (including phenoxy) is 1. The van der Waals surface area contributed by atoms with Crippen molar-refractivity contribution in [2.75, 3.05) is 7.11 Å². The van der Waals surface area contributed by atoms with Crippen LogP contribution in [0.2, 0.25) is 0 Å². The number of nitro groups is 1. The lowest BCUT2D eigenvalue weighted by molar-refractivity contribution is -0.385. The second-order valence-electron chi connectivity index (χ2n) is 6.63. The molecule has 10 nitrogen and oxygen atoms in total. The van der Waals surface area contributed by atoms with E-state index in [-0.39, 0.29) is 16.8 Å². The molecule has 1 fully saturated rings. The van der Waals surface area contributed by atoms with E-state index in [0.29, 0.717) is 16.3 Å². The molecule has 0 aromatic heterocycles.